The minimum Gasteiger partial charge on any atom is -0.316 e. The van der Waals surface area contributed by atoms with Gasteiger partial charge in [-0.1, -0.05) is 24.3 Å². The molecule has 3 nitrogen and oxygen atoms in total. The van der Waals surface area contributed by atoms with E-state index in [1.807, 2.05) is 11.6 Å². The lowest BCUT2D eigenvalue weighted by Crippen LogP contribution is -2.35. The maximum Gasteiger partial charge on any atom is 0.0937 e. The molecule has 1 aliphatic rings. The van der Waals surface area contributed by atoms with Crippen LogP contribution in [0.15, 0.2) is 35.8 Å². The number of aromatic nitrogens is 1. The molecular formula is C15H19N3S. The molecule has 3 rings (SSSR count). The standard InChI is InChI=1S/C15H19N3S/c1-2-4-14-12(3-1)9-17-11-13(14)10-16-6-5-15-18-7-8-19-15/h1-4,7-8,13,16-17H,5-6,9-11H2. The molecule has 2 heterocycles. The van der Waals surface area contributed by atoms with Gasteiger partial charge in [0.25, 0.3) is 0 Å². The van der Waals surface area contributed by atoms with Crippen LogP contribution in [0.2, 0.25) is 0 Å². The zero-order chi connectivity index (χ0) is 12.9. The Morgan fingerprint density at radius 2 is 2.32 bits per heavy atom. The summed E-state index contributed by atoms with van der Waals surface area (Å²) in [6, 6.07) is 8.76. The molecular weight excluding hydrogens is 254 g/mol. The van der Waals surface area contributed by atoms with Crippen LogP contribution in [0, 0.1) is 0 Å². The minimum absolute atomic E-state index is 0.584. The summed E-state index contributed by atoms with van der Waals surface area (Å²) >= 11 is 1.73. The van der Waals surface area contributed by atoms with Gasteiger partial charge >= 0.3 is 0 Å². The van der Waals surface area contributed by atoms with Crippen molar-refractivity contribution in [1.29, 1.82) is 0 Å². The summed E-state index contributed by atoms with van der Waals surface area (Å²) in [5.74, 6) is 0.584. The van der Waals surface area contributed by atoms with Crippen molar-refractivity contribution in [2.24, 2.45) is 0 Å². The van der Waals surface area contributed by atoms with E-state index in [0.717, 1.165) is 32.6 Å². The molecule has 0 saturated heterocycles. The molecule has 0 saturated carbocycles. The highest BCUT2D eigenvalue weighted by molar-refractivity contribution is 7.09. The second-order valence-electron chi connectivity index (χ2n) is 4.91. The third kappa shape index (κ3) is 3.21. The highest BCUT2D eigenvalue weighted by Crippen LogP contribution is 2.22. The fraction of sp³-hybridized carbons (Fsp3) is 0.400. The molecule has 2 aromatic rings. The normalized spacial score (nSPS) is 18.2. The average molecular weight is 273 g/mol. The maximum absolute atomic E-state index is 4.30. The predicted molar refractivity (Wildman–Crippen MR) is 79.6 cm³/mol. The largest absolute Gasteiger partial charge is 0.316 e. The monoisotopic (exact) mass is 273 g/mol. The Labute approximate surface area is 118 Å². The van der Waals surface area contributed by atoms with Crippen LogP contribution in [-0.4, -0.2) is 24.6 Å². The van der Waals surface area contributed by atoms with Gasteiger partial charge in [0.1, 0.15) is 0 Å². The molecule has 0 spiro atoms. The summed E-state index contributed by atoms with van der Waals surface area (Å²) in [6.45, 7) is 4.12. The van der Waals surface area contributed by atoms with Gasteiger partial charge < -0.3 is 10.6 Å². The Hall–Kier alpha value is -1.23. The van der Waals surface area contributed by atoms with Crippen LogP contribution in [0.5, 0.6) is 0 Å². The van der Waals surface area contributed by atoms with E-state index >= 15 is 0 Å². The van der Waals surface area contributed by atoms with Gasteiger partial charge in [-0.2, -0.15) is 0 Å². The molecule has 100 valence electrons. The van der Waals surface area contributed by atoms with E-state index in [1.54, 1.807) is 11.3 Å². The van der Waals surface area contributed by atoms with E-state index in [4.69, 9.17) is 0 Å². The van der Waals surface area contributed by atoms with E-state index in [0.29, 0.717) is 5.92 Å². The summed E-state index contributed by atoms with van der Waals surface area (Å²) < 4.78 is 0. The summed E-state index contributed by atoms with van der Waals surface area (Å²) in [4.78, 5) is 4.30. The topological polar surface area (TPSA) is 37.0 Å². The van der Waals surface area contributed by atoms with Crippen LogP contribution in [0.4, 0.5) is 0 Å². The molecule has 1 aromatic heterocycles. The fourth-order valence-corrected chi connectivity index (χ4v) is 3.24. The number of nitrogens with zero attached hydrogens (tertiary/aromatic N) is 1. The van der Waals surface area contributed by atoms with Crippen molar-refractivity contribution in [1.82, 2.24) is 15.6 Å². The summed E-state index contributed by atoms with van der Waals surface area (Å²) in [7, 11) is 0. The highest BCUT2D eigenvalue weighted by atomic mass is 32.1. The molecule has 0 bridgehead atoms. The lowest BCUT2D eigenvalue weighted by atomic mass is 9.91. The van der Waals surface area contributed by atoms with Crippen LogP contribution in [0.25, 0.3) is 0 Å². The van der Waals surface area contributed by atoms with Crippen molar-refractivity contribution >= 4 is 11.3 Å². The van der Waals surface area contributed by atoms with E-state index in [2.05, 4.69) is 39.9 Å². The Morgan fingerprint density at radius 3 is 3.21 bits per heavy atom. The van der Waals surface area contributed by atoms with Crippen LogP contribution in [-0.2, 0) is 13.0 Å². The van der Waals surface area contributed by atoms with Crippen LogP contribution >= 0.6 is 11.3 Å². The number of fused-ring (bicyclic) bond motifs is 1. The van der Waals surface area contributed by atoms with E-state index < -0.39 is 0 Å². The summed E-state index contributed by atoms with van der Waals surface area (Å²) in [5, 5.41) is 10.3. The molecule has 0 aliphatic carbocycles. The van der Waals surface area contributed by atoms with Gasteiger partial charge in [-0.15, -0.1) is 11.3 Å². The molecule has 19 heavy (non-hydrogen) atoms. The smallest absolute Gasteiger partial charge is 0.0937 e. The number of thiazole rings is 1. The molecule has 1 aliphatic heterocycles. The number of benzene rings is 1. The second-order valence-corrected chi connectivity index (χ2v) is 5.89. The quantitative estimate of drug-likeness (QED) is 0.820. The maximum atomic E-state index is 4.30. The van der Waals surface area contributed by atoms with Gasteiger partial charge in [-0.25, -0.2) is 4.98 Å². The Kier molecular flexibility index (Phi) is 4.23. The van der Waals surface area contributed by atoms with Crippen molar-refractivity contribution in [2.75, 3.05) is 19.6 Å². The molecule has 1 atom stereocenters. The Bertz CT molecular complexity index is 510. The number of rotatable bonds is 5. The van der Waals surface area contributed by atoms with Crippen molar-refractivity contribution in [3.8, 4) is 0 Å². The minimum atomic E-state index is 0.584. The zero-order valence-electron chi connectivity index (χ0n) is 10.9. The Balaban J connectivity index is 1.51. The third-order valence-electron chi connectivity index (χ3n) is 3.59. The van der Waals surface area contributed by atoms with Gasteiger partial charge in [0.05, 0.1) is 5.01 Å². The first kappa shape index (κ1) is 12.8. The summed E-state index contributed by atoms with van der Waals surface area (Å²) in [6.07, 6.45) is 2.90. The number of nitrogens with one attached hydrogen (secondary N) is 2. The first-order chi connectivity index (χ1) is 9.43. The lowest BCUT2D eigenvalue weighted by Gasteiger charge is -2.26. The van der Waals surface area contributed by atoms with Crippen molar-refractivity contribution < 1.29 is 0 Å². The van der Waals surface area contributed by atoms with E-state index in [-0.39, 0.29) is 0 Å². The predicted octanol–water partition coefficient (Wildman–Crippen LogP) is 2.16. The van der Waals surface area contributed by atoms with Gasteiger partial charge in [0, 0.05) is 50.1 Å². The highest BCUT2D eigenvalue weighted by Gasteiger charge is 2.18. The first-order valence-electron chi connectivity index (χ1n) is 6.81. The molecule has 1 aromatic carbocycles. The van der Waals surface area contributed by atoms with Crippen LogP contribution in [0.3, 0.4) is 0 Å². The average Bonchev–Trinajstić information content (AvgIpc) is 2.97. The second kappa shape index (κ2) is 6.28. The SMILES string of the molecule is c1ccc2c(c1)CNCC2CNCCc1nccs1. The summed E-state index contributed by atoms with van der Waals surface area (Å²) in [5.41, 5.74) is 2.95. The first-order valence-corrected chi connectivity index (χ1v) is 7.69. The zero-order valence-corrected chi connectivity index (χ0v) is 11.7. The molecule has 4 heteroatoms. The van der Waals surface area contributed by atoms with Gasteiger partial charge in [-0.3, -0.25) is 0 Å². The molecule has 2 N–H and O–H groups in total. The number of hydrogen-bond acceptors (Lipinski definition) is 4. The van der Waals surface area contributed by atoms with Gasteiger partial charge in [-0.05, 0) is 11.1 Å². The van der Waals surface area contributed by atoms with Crippen LogP contribution < -0.4 is 10.6 Å². The lowest BCUT2D eigenvalue weighted by molar-refractivity contribution is 0.504. The third-order valence-corrected chi connectivity index (χ3v) is 4.43. The van der Waals surface area contributed by atoms with E-state index in [1.165, 1.54) is 16.1 Å². The van der Waals surface area contributed by atoms with Crippen LogP contribution in [0.1, 0.15) is 22.1 Å². The van der Waals surface area contributed by atoms with Gasteiger partial charge in [0.15, 0.2) is 0 Å². The van der Waals surface area contributed by atoms with Gasteiger partial charge in [0.2, 0.25) is 0 Å². The van der Waals surface area contributed by atoms with Crippen molar-refractivity contribution in [3.63, 3.8) is 0 Å². The number of hydrogen-bond donors (Lipinski definition) is 2. The van der Waals surface area contributed by atoms with Crippen molar-refractivity contribution in [2.45, 2.75) is 18.9 Å². The molecule has 0 fully saturated rings. The molecule has 0 radical (unpaired) electrons. The fourth-order valence-electron chi connectivity index (χ4n) is 2.61. The Morgan fingerprint density at radius 1 is 1.37 bits per heavy atom. The van der Waals surface area contributed by atoms with E-state index in [9.17, 15) is 0 Å². The molecule has 1 unspecified atom stereocenters. The van der Waals surface area contributed by atoms with Crippen molar-refractivity contribution in [3.05, 3.63) is 52.0 Å². The molecule has 0 amide bonds.